The zero-order chi connectivity index (χ0) is 13.7. The van der Waals surface area contributed by atoms with Crippen LogP contribution >= 0.6 is 11.3 Å². The van der Waals surface area contributed by atoms with Gasteiger partial charge in [0.15, 0.2) is 5.58 Å². The van der Waals surface area contributed by atoms with E-state index < -0.39 is 5.97 Å². The summed E-state index contributed by atoms with van der Waals surface area (Å²) in [6.45, 7) is 0. The second kappa shape index (κ2) is 4.18. The first kappa shape index (κ1) is 11.7. The average molecular weight is 285 g/mol. The lowest BCUT2D eigenvalue weighted by atomic mass is 10.2. The van der Waals surface area contributed by atoms with Gasteiger partial charge in [-0.2, -0.15) is 0 Å². The minimum Gasteiger partial charge on any atom is -0.478 e. The zero-order valence-corrected chi connectivity index (χ0v) is 11.4. The smallest absolute Gasteiger partial charge is 0.335 e. The van der Waals surface area contributed by atoms with Crippen molar-refractivity contribution in [3.63, 3.8) is 0 Å². The van der Waals surface area contributed by atoms with E-state index in [1.807, 2.05) is 0 Å². The first-order valence-corrected chi connectivity index (χ1v) is 7.28. The second-order valence-corrected chi connectivity index (χ2v) is 6.06. The molecule has 4 rings (SSSR count). The molecule has 1 N–H and O–H groups in total. The van der Waals surface area contributed by atoms with Crippen molar-refractivity contribution < 1.29 is 14.3 Å². The van der Waals surface area contributed by atoms with Crippen LogP contribution < -0.4 is 0 Å². The van der Waals surface area contributed by atoms with Crippen molar-refractivity contribution in [3.8, 4) is 10.8 Å². The van der Waals surface area contributed by atoms with Crippen LogP contribution in [0, 0.1) is 0 Å². The molecule has 0 unspecified atom stereocenters. The number of nitrogens with zero attached hydrogens (tertiary/aromatic N) is 1. The van der Waals surface area contributed by atoms with Crippen LogP contribution in [0.15, 0.2) is 28.7 Å². The lowest BCUT2D eigenvalue weighted by Crippen LogP contribution is -1.94. The Bertz CT molecular complexity index is 809. The van der Waals surface area contributed by atoms with Gasteiger partial charge in [-0.15, -0.1) is 11.3 Å². The van der Waals surface area contributed by atoms with Crippen LogP contribution in [0.4, 0.5) is 0 Å². The predicted molar refractivity (Wildman–Crippen MR) is 76.3 cm³/mol. The largest absolute Gasteiger partial charge is 0.478 e. The molecule has 5 heteroatoms. The van der Waals surface area contributed by atoms with E-state index in [-0.39, 0.29) is 5.56 Å². The number of carboxylic acids is 1. The highest BCUT2D eigenvalue weighted by molar-refractivity contribution is 7.15. The number of thiophene rings is 1. The number of hydrogen-bond acceptors (Lipinski definition) is 4. The molecule has 100 valence electrons. The molecule has 1 aliphatic rings. The summed E-state index contributed by atoms with van der Waals surface area (Å²) in [6, 6.07) is 6.91. The zero-order valence-electron chi connectivity index (χ0n) is 10.5. The topological polar surface area (TPSA) is 63.3 Å². The van der Waals surface area contributed by atoms with Gasteiger partial charge >= 0.3 is 5.97 Å². The van der Waals surface area contributed by atoms with Gasteiger partial charge in [-0.3, -0.25) is 0 Å². The summed E-state index contributed by atoms with van der Waals surface area (Å²) in [6.07, 6.45) is 3.51. The molecule has 0 amide bonds. The van der Waals surface area contributed by atoms with Crippen LogP contribution in [0.3, 0.4) is 0 Å². The number of rotatable bonds is 2. The molecule has 20 heavy (non-hydrogen) atoms. The van der Waals surface area contributed by atoms with E-state index in [1.54, 1.807) is 23.5 Å². The summed E-state index contributed by atoms with van der Waals surface area (Å²) < 4.78 is 5.72. The van der Waals surface area contributed by atoms with E-state index in [2.05, 4.69) is 11.1 Å². The van der Waals surface area contributed by atoms with Crippen LogP contribution in [-0.2, 0) is 12.8 Å². The molecule has 0 spiro atoms. The van der Waals surface area contributed by atoms with Crippen molar-refractivity contribution in [2.24, 2.45) is 0 Å². The molecule has 4 nitrogen and oxygen atoms in total. The third kappa shape index (κ3) is 1.74. The fourth-order valence-corrected chi connectivity index (χ4v) is 3.78. The average Bonchev–Trinajstić information content (AvgIpc) is 3.10. The van der Waals surface area contributed by atoms with Crippen molar-refractivity contribution >= 4 is 28.4 Å². The Morgan fingerprint density at radius 2 is 2.20 bits per heavy atom. The summed E-state index contributed by atoms with van der Waals surface area (Å²) >= 11 is 1.73. The molecule has 0 radical (unpaired) electrons. The fourth-order valence-electron chi connectivity index (χ4n) is 2.60. The van der Waals surface area contributed by atoms with Crippen molar-refractivity contribution in [2.45, 2.75) is 19.3 Å². The minimum atomic E-state index is -0.958. The summed E-state index contributed by atoms with van der Waals surface area (Å²) in [4.78, 5) is 17.9. The van der Waals surface area contributed by atoms with Gasteiger partial charge in [0.25, 0.3) is 0 Å². The number of aromatic nitrogens is 1. The molecule has 1 aromatic carbocycles. The SMILES string of the molecule is O=C(O)c1ccc2nc(-c3cc4c(s3)CCC4)oc2c1. The van der Waals surface area contributed by atoms with E-state index in [1.165, 1.54) is 22.9 Å². The lowest BCUT2D eigenvalue weighted by Gasteiger charge is -1.91. The van der Waals surface area contributed by atoms with Crippen molar-refractivity contribution in [3.05, 3.63) is 40.3 Å². The summed E-state index contributed by atoms with van der Waals surface area (Å²) in [7, 11) is 0. The number of hydrogen-bond donors (Lipinski definition) is 1. The fraction of sp³-hybridized carbons (Fsp3) is 0.200. The first-order valence-electron chi connectivity index (χ1n) is 6.46. The maximum atomic E-state index is 11.0. The van der Waals surface area contributed by atoms with E-state index >= 15 is 0 Å². The van der Waals surface area contributed by atoms with Crippen LogP contribution in [0.25, 0.3) is 21.9 Å². The van der Waals surface area contributed by atoms with Gasteiger partial charge in [0.2, 0.25) is 5.89 Å². The third-order valence-corrected chi connectivity index (χ3v) is 4.82. The molecule has 1 aliphatic carbocycles. The second-order valence-electron chi connectivity index (χ2n) is 4.92. The van der Waals surface area contributed by atoms with Crippen LogP contribution in [-0.4, -0.2) is 16.1 Å². The number of aryl methyl sites for hydroxylation is 2. The van der Waals surface area contributed by atoms with Crippen molar-refractivity contribution in [1.29, 1.82) is 0 Å². The predicted octanol–water partition coefficient (Wildman–Crippen LogP) is 3.74. The Labute approximate surface area is 118 Å². The van der Waals surface area contributed by atoms with Crippen molar-refractivity contribution in [2.75, 3.05) is 0 Å². The Hall–Kier alpha value is -2.14. The molecule has 0 aliphatic heterocycles. The van der Waals surface area contributed by atoms with Crippen LogP contribution in [0.5, 0.6) is 0 Å². The monoisotopic (exact) mass is 285 g/mol. The molecular weight excluding hydrogens is 274 g/mol. The highest BCUT2D eigenvalue weighted by atomic mass is 32.1. The van der Waals surface area contributed by atoms with E-state index in [0.717, 1.165) is 17.7 Å². The molecule has 0 saturated heterocycles. The Morgan fingerprint density at radius 1 is 1.30 bits per heavy atom. The number of aromatic carboxylic acids is 1. The van der Waals surface area contributed by atoms with Gasteiger partial charge < -0.3 is 9.52 Å². The molecule has 0 bridgehead atoms. The highest BCUT2D eigenvalue weighted by Crippen LogP contribution is 2.37. The maximum absolute atomic E-state index is 11.0. The minimum absolute atomic E-state index is 0.217. The van der Waals surface area contributed by atoms with Gasteiger partial charge in [-0.05, 0) is 49.1 Å². The number of carboxylic acid groups (broad SMARTS) is 1. The van der Waals surface area contributed by atoms with E-state index in [0.29, 0.717) is 17.0 Å². The maximum Gasteiger partial charge on any atom is 0.335 e. The molecule has 0 atom stereocenters. The standard InChI is InChI=1S/C15H11NO3S/c17-15(18)9-4-5-10-11(6-9)19-14(16-10)13-7-8-2-1-3-12(8)20-13/h4-7H,1-3H2,(H,17,18). The molecular formula is C15H11NO3S. The summed E-state index contributed by atoms with van der Waals surface area (Å²) in [5.74, 6) is -0.373. The molecule has 2 heterocycles. The number of oxazole rings is 1. The molecule has 0 saturated carbocycles. The van der Waals surface area contributed by atoms with Gasteiger partial charge in [0, 0.05) is 4.88 Å². The first-order chi connectivity index (χ1) is 9.70. The van der Waals surface area contributed by atoms with Crippen LogP contribution in [0.2, 0.25) is 0 Å². The molecule has 0 fully saturated rings. The molecule has 3 aromatic rings. The van der Waals surface area contributed by atoms with E-state index in [4.69, 9.17) is 9.52 Å². The number of carbonyl (C=O) groups is 1. The van der Waals surface area contributed by atoms with Crippen molar-refractivity contribution in [1.82, 2.24) is 4.98 Å². The Balaban J connectivity index is 1.81. The van der Waals surface area contributed by atoms with Gasteiger partial charge in [-0.25, -0.2) is 9.78 Å². The molecule has 2 aromatic heterocycles. The number of fused-ring (bicyclic) bond motifs is 2. The number of benzene rings is 1. The highest BCUT2D eigenvalue weighted by Gasteiger charge is 2.18. The van der Waals surface area contributed by atoms with Gasteiger partial charge in [0.05, 0.1) is 10.4 Å². The van der Waals surface area contributed by atoms with Gasteiger partial charge in [-0.1, -0.05) is 0 Å². The van der Waals surface area contributed by atoms with Crippen LogP contribution in [0.1, 0.15) is 27.2 Å². The quantitative estimate of drug-likeness (QED) is 0.779. The summed E-state index contributed by atoms with van der Waals surface area (Å²) in [5.41, 5.74) is 2.83. The Kier molecular flexibility index (Phi) is 2.44. The lowest BCUT2D eigenvalue weighted by molar-refractivity contribution is 0.0697. The van der Waals surface area contributed by atoms with Gasteiger partial charge in [0.1, 0.15) is 5.52 Å². The van der Waals surface area contributed by atoms with E-state index in [9.17, 15) is 4.79 Å². The Morgan fingerprint density at radius 3 is 3.00 bits per heavy atom. The normalized spacial score (nSPS) is 13.8. The summed E-state index contributed by atoms with van der Waals surface area (Å²) in [5, 5.41) is 8.99. The third-order valence-electron chi connectivity index (χ3n) is 3.59.